The third kappa shape index (κ3) is 5.22. The molecule has 222 valence electrons. The molecule has 1 aliphatic carbocycles. The fraction of sp³-hybridized carbons (Fsp3) is 0.576. The lowest BCUT2D eigenvalue weighted by Gasteiger charge is -2.45. The van der Waals surface area contributed by atoms with Crippen LogP contribution in [0.1, 0.15) is 66.3 Å². The number of benzene rings is 1. The van der Waals surface area contributed by atoms with Gasteiger partial charge in [-0.05, 0) is 95.2 Å². The first kappa shape index (κ1) is 28.5. The van der Waals surface area contributed by atoms with E-state index < -0.39 is 5.60 Å². The van der Waals surface area contributed by atoms with Crippen LogP contribution >= 0.6 is 0 Å². The number of ether oxygens (including phenoxy) is 2. The number of aryl methyl sites for hydroxylation is 2. The van der Waals surface area contributed by atoms with Crippen LogP contribution in [0.2, 0.25) is 0 Å². The number of hydrogen-bond acceptors (Lipinski definition) is 8. The van der Waals surface area contributed by atoms with Crippen molar-refractivity contribution in [3.8, 4) is 18.0 Å². The number of fused-ring (bicyclic) bond motifs is 3. The molecule has 0 unspecified atom stereocenters. The molecule has 1 aromatic carbocycles. The zero-order chi connectivity index (χ0) is 29.4. The summed E-state index contributed by atoms with van der Waals surface area (Å²) in [6.07, 6.45) is 8.59. The van der Waals surface area contributed by atoms with E-state index in [9.17, 15) is 10.1 Å². The highest BCUT2D eigenvalue weighted by Gasteiger charge is 2.44. The molecule has 1 spiro atoms. The summed E-state index contributed by atoms with van der Waals surface area (Å²) in [5, 5.41) is 9.54. The number of carbonyl (C=O) groups excluding carboxylic acids is 1. The predicted molar refractivity (Wildman–Crippen MR) is 161 cm³/mol. The lowest BCUT2D eigenvalue weighted by Crippen LogP contribution is -2.55. The highest BCUT2D eigenvalue weighted by atomic mass is 16.5. The van der Waals surface area contributed by atoms with Crippen molar-refractivity contribution in [1.82, 2.24) is 19.8 Å². The van der Waals surface area contributed by atoms with Gasteiger partial charge in [0, 0.05) is 25.7 Å². The Kier molecular flexibility index (Phi) is 7.84. The minimum absolute atomic E-state index is 0.142. The van der Waals surface area contributed by atoms with E-state index in [1.807, 2.05) is 0 Å². The van der Waals surface area contributed by atoms with Gasteiger partial charge in [-0.2, -0.15) is 15.2 Å². The number of likely N-dealkylation sites (N-methyl/N-ethyl adjacent to an activating group) is 1. The van der Waals surface area contributed by atoms with Crippen LogP contribution in [0.5, 0.6) is 11.9 Å². The van der Waals surface area contributed by atoms with Gasteiger partial charge in [-0.3, -0.25) is 4.79 Å². The molecule has 1 amide bonds. The molecule has 0 saturated carbocycles. The number of piperazine rings is 1. The Balaban J connectivity index is 1.36. The summed E-state index contributed by atoms with van der Waals surface area (Å²) in [6, 6.07) is 7.27. The lowest BCUT2D eigenvalue weighted by atomic mass is 9.73. The molecule has 9 heteroatoms. The first-order valence-corrected chi connectivity index (χ1v) is 15.4. The van der Waals surface area contributed by atoms with E-state index in [1.54, 1.807) is 4.90 Å². The molecule has 4 heterocycles. The number of anilines is 1. The number of carbonyl (C=O) groups is 1. The maximum absolute atomic E-state index is 12.6. The first-order chi connectivity index (χ1) is 20.3. The number of nitriles is 1. The van der Waals surface area contributed by atoms with Crippen molar-refractivity contribution in [2.24, 2.45) is 0 Å². The van der Waals surface area contributed by atoms with Crippen LogP contribution in [-0.4, -0.2) is 77.6 Å². The Labute approximate surface area is 249 Å². The summed E-state index contributed by atoms with van der Waals surface area (Å²) in [7, 11) is 2.14. The van der Waals surface area contributed by atoms with Gasteiger partial charge in [0.05, 0.1) is 24.1 Å². The van der Waals surface area contributed by atoms with E-state index >= 15 is 0 Å². The molecule has 0 bridgehead atoms. The first-order valence-electron chi connectivity index (χ1n) is 15.4. The molecule has 4 aliphatic rings. The zero-order valence-electron chi connectivity index (χ0n) is 25.2. The van der Waals surface area contributed by atoms with Crippen LogP contribution in [0.4, 0.5) is 5.82 Å². The van der Waals surface area contributed by atoms with Gasteiger partial charge in [0.1, 0.15) is 18.0 Å². The van der Waals surface area contributed by atoms with Crippen molar-refractivity contribution in [1.29, 1.82) is 5.26 Å². The fourth-order valence-electron chi connectivity index (χ4n) is 7.51. The number of hydrogen-bond donors (Lipinski definition) is 0. The molecule has 2 saturated heterocycles. The number of likely N-dealkylation sites (tertiary alicyclic amines) is 1. The molecule has 0 radical (unpaired) electrons. The van der Waals surface area contributed by atoms with Crippen molar-refractivity contribution in [2.45, 2.75) is 82.9 Å². The van der Waals surface area contributed by atoms with Crippen LogP contribution in [0, 0.1) is 25.2 Å². The van der Waals surface area contributed by atoms with Gasteiger partial charge < -0.3 is 24.2 Å². The number of nitrogens with zero attached hydrogens (tertiary/aromatic N) is 6. The molecule has 3 aliphatic heterocycles. The Morgan fingerprint density at radius 3 is 2.79 bits per heavy atom. The average molecular weight is 571 g/mol. The SMILES string of the molecule is C=CC(=O)N1CCN(c2nc(OC[C@@H]3CCCN3C)nc3c2CC[C@@]2(CCCc4c(C)cc(C)cc42)O3)C[C@@H]1CC#N. The molecule has 0 N–H and O–H groups in total. The summed E-state index contributed by atoms with van der Waals surface area (Å²) in [5.41, 5.74) is 5.88. The van der Waals surface area contributed by atoms with E-state index in [2.05, 4.69) is 55.5 Å². The molecule has 2 fully saturated rings. The van der Waals surface area contributed by atoms with Crippen molar-refractivity contribution >= 4 is 11.7 Å². The van der Waals surface area contributed by atoms with E-state index in [-0.39, 0.29) is 18.4 Å². The van der Waals surface area contributed by atoms with Gasteiger partial charge in [-0.1, -0.05) is 24.3 Å². The molecule has 1 aromatic heterocycles. The van der Waals surface area contributed by atoms with Gasteiger partial charge >= 0.3 is 6.01 Å². The number of amides is 1. The fourth-order valence-corrected chi connectivity index (χ4v) is 7.51. The largest absolute Gasteiger partial charge is 0.466 e. The Morgan fingerprint density at radius 1 is 1.17 bits per heavy atom. The van der Waals surface area contributed by atoms with Gasteiger partial charge in [0.25, 0.3) is 0 Å². The molecule has 9 nitrogen and oxygen atoms in total. The van der Waals surface area contributed by atoms with Gasteiger partial charge in [0.2, 0.25) is 11.8 Å². The third-order valence-corrected chi connectivity index (χ3v) is 9.76. The van der Waals surface area contributed by atoms with Gasteiger partial charge in [-0.25, -0.2) is 0 Å². The molecule has 3 atom stereocenters. The second-order valence-corrected chi connectivity index (χ2v) is 12.5. The van der Waals surface area contributed by atoms with Crippen molar-refractivity contribution in [3.05, 3.63) is 52.6 Å². The monoisotopic (exact) mass is 570 g/mol. The van der Waals surface area contributed by atoms with Gasteiger partial charge in [-0.15, -0.1) is 0 Å². The van der Waals surface area contributed by atoms with Crippen LogP contribution < -0.4 is 14.4 Å². The Morgan fingerprint density at radius 2 is 2.02 bits per heavy atom. The van der Waals surface area contributed by atoms with E-state index in [0.717, 1.165) is 56.5 Å². The maximum atomic E-state index is 12.6. The van der Waals surface area contributed by atoms with E-state index in [0.29, 0.717) is 44.2 Å². The van der Waals surface area contributed by atoms with E-state index in [4.69, 9.17) is 19.4 Å². The molecule has 2 aromatic rings. The maximum Gasteiger partial charge on any atom is 0.321 e. The highest BCUT2D eigenvalue weighted by Crippen LogP contribution is 2.49. The second-order valence-electron chi connectivity index (χ2n) is 12.5. The number of aromatic nitrogens is 2. The zero-order valence-corrected chi connectivity index (χ0v) is 25.2. The van der Waals surface area contributed by atoms with Gasteiger partial charge in [0.15, 0.2) is 0 Å². The quantitative estimate of drug-likeness (QED) is 0.476. The summed E-state index contributed by atoms with van der Waals surface area (Å²) in [5.74, 6) is 1.26. The minimum atomic E-state index is -0.412. The standard InChI is InChI=1S/C33H42N6O3/c1-5-29(40)39-17-16-38(20-24(39)11-14-34)30-27-10-13-33(12-6-9-26-23(3)18-22(2)19-28(26)33)42-31(27)36-32(35-30)41-21-25-8-7-15-37(25)4/h5,18-19,24-25H,1,6-13,15-17,20-21H2,2-4H3/t24-,25-,33+/m0/s1. The summed E-state index contributed by atoms with van der Waals surface area (Å²) in [4.78, 5) is 28.7. The Bertz CT molecular complexity index is 1420. The minimum Gasteiger partial charge on any atom is -0.466 e. The smallest absolute Gasteiger partial charge is 0.321 e. The second kappa shape index (κ2) is 11.6. The van der Waals surface area contributed by atoms with Crippen LogP contribution in [-0.2, 0) is 23.2 Å². The molecular weight excluding hydrogens is 528 g/mol. The molecule has 42 heavy (non-hydrogen) atoms. The summed E-state index contributed by atoms with van der Waals surface area (Å²) < 4.78 is 13.3. The predicted octanol–water partition coefficient (Wildman–Crippen LogP) is 4.24. The van der Waals surface area contributed by atoms with Crippen LogP contribution in [0.15, 0.2) is 24.8 Å². The van der Waals surface area contributed by atoms with Crippen LogP contribution in [0.25, 0.3) is 0 Å². The van der Waals surface area contributed by atoms with Crippen molar-refractivity contribution in [3.63, 3.8) is 0 Å². The normalized spacial score (nSPS) is 25.4. The number of rotatable bonds is 6. The van der Waals surface area contributed by atoms with Crippen LogP contribution in [0.3, 0.4) is 0 Å². The van der Waals surface area contributed by atoms with Crippen molar-refractivity contribution < 1.29 is 14.3 Å². The Hall–Kier alpha value is -3.64. The average Bonchev–Trinajstić information content (AvgIpc) is 3.40. The molecule has 6 rings (SSSR count). The summed E-state index contributed by atoms with van der Waals surface area (Å²) in [6.45, 7) is 11.2. The third-order valence-electron chi connectivity index (χ3n) is 9.76. The topological polar surface area (TPSA) is 94.8 Å². The highest BCUT2D eigenvalue weighted by molar-refractivity contribution is 5.87. The lowest BCUT2D eigenvalue weighted by molar-refractivity contribution is -0.128. The molecular formula is C33H42N6O3. The van der Waals surface area contributed by atoms with Crippen molar-refractivity contribution in [2.75, 3.05) is 44.7 Å². The van der Waals surface area contributed by atoms with E-state index in [1.165, 1.54) is 34.8 Å². The summed E-state index contributed by atoms with van der Waals surface area (Å²) >= 11 is 0.